The summed E-state index contributed by atoms with van der Waals surface area (Å²) < 4.78 is 11.1. The van der Waals surface area contributed by atoms with Crippen molar-refractivity contribution in [1.82, 2.24) is 9.80 Å². The highest BCUT2D eigenvalue weighted by Crippen LogP contribution is 2.44. The van der Waals surface area contributed by atoms with Crippen LogP contribution in [0.15, 0.2) is 35.7 Å². The van der Waals surface area contributed by atoms with Crippen LogP contribution in [0.5, 0.6) is 11.5 Å². The van der Waals surface area contributed by atoms with E-state index in [0.29, 0.717) is 16.4 Å². The molecule has 1 N–H and O–H groups in total. The first kappa shape index (κ1) is 24.7. The lowest BCUT2D eigenvalue weighted by molar-refractivity contribution is 0.102. The number of piperazine rings is 1. The first-order valence-corrected chi connectivity index (χ1v) is 13.3. The Morgan fingerprint density at radius 2 is 1.82 bits per heavy atom. The monoisotopic (exact) mass is 499 g/mol. The van der Waals surface area contributed by atoms with Crippen LogP contribution < -0.4 is 14.8 Å². The van der Waals surface area contributed by atoms with Gasteiger partial charge >= 0.3 is 0 Å². The fraction of sp³-hybridized carbons (Fsp3) is 0.423. The van der Waals surface area contributed by atoms with Gasteiger partial charge in [0.05, 0.1) is 25.1 Å². The molecule has 34 heavy (non-hydrogen) atoms. The quantitative estimate of drug-likeness (QED) is 0.448. The second-order valence-corrected chi connectivity index (χ2v) is 10.6. The molecule has 1 fully saturated rings. The van der Waals surface area contributed by atoms with Gasteiger partial charge in [0.25, 0.3) is 5.91 Å². The molecule has 1 atom stereocenters. The van der Waals surface area contributed by atoms with Gasteiger partial charge in [0.1, 0.15) is 5.00 Å². The first-order valence-electron chi connectivity index (χ1n) is 11.6. The Hall–Kier alpha value is -2.39. The summed E-state index contributed by atoms with van der Waals surface area (Å²) in [5, 5.41) is 6.09. The SMILES string of the molecule is CCN1CCN([C@@H](c2ccc(OC)c(OC)c2)c2c(NC(=O)c3cccs3)sc(C)c2C)CC1. The van der Waals surface area contributed by atoms with Crippen LogP contribution in [0.3, 0.4) is 0 Å². The second-order valence-electron chi connectivity index (χ2n) is 8.44. The number of benzene rings is 1. The third-order valence-corrected chi connectivity index (χ3v) is 8.63. The Labute approximate surface area is 210 Å². The van der Waals surface area contributed by atoms with Crippen molar-refractivity contribution < 1.29 is 14.3 Å². The van der Waals surface area contributed by atoms with Crippen molar-refractivity contribution in [2.75, 3.05) is 52.3 Å². The molecule has 8 heteroatoms. The van der Waals surface area contributed by atoms with E-state index < -0.39 is 0 Å². The van der Waals surface area contributed by atoms with Crippen LogP contribution in [0.2, 0.25) is 0 Å². The molecule has 0 aliphatic carbocycles. The average Bonchev–Trinajstić information content (AvgIpc) is 3.49. The molecule has 4 rings (SSSR count). The van der Waals surface area contributed by atoms with Crippen LogP contribution in [0, 0.1) is 13.8 Å². The number of methoxy groups -OCH3 is 2. The third kappa shape index (κ3) is 5.00. The Bertz CT molecular complexity index is 1120. The number of hydrogen-bond acceptors (Lipinski definition) is 7. The summed E-state index contributed by atoms with van der Waals surface area (Å²) in [6.07, 6.45) is 0. The van der Waals surface area contributed by atoms with Crippen molar-refractivity contribution in [3.63, 3.8) is 0 Å². The third-order valence-electron chi connectivity index (χ3n) is 6.62. The highest BCUT2D eigenvalue weighted by Gasteiger charge is 2.32. The maximum absolute atomic E-state index is 13.0. The van der Waals surface area contributed by atoms with Crippen molar-refractivity contribution in [1.29, 1.82) is 0 Å². The van der Waals surface area contributed by atoms with E-state index in [0.717, 1.165) is 43.3 Å². The molecule has 2 aromatic heterocycles. The predicted molar refractivity (Wildman–Crippen MR) is 141 cm³/mol. The lowest BCUT2D eigenvalue weighted by atomic mass is 9.94. The van der Waals surface area contributed by atoms with E-state index in [-0.39, 0.29) is 11.9 Å². The summed E-state index contributed by atoms with van der Waals surface area (Å²) in [6.45, 7) is 11.5. The number of rotatable bonds is 8. The van der Waals surface area contributed by atoms with E-state index >= 15 is 0 Å². The van der Waals surface area contributed by atoms with Crippen LogP contribution in [-0.2, 0) is 0 Å². The second kappa shape index (κ2) is 10.9. The lowest BCUT2D eigenvalue weighted by Gasteiger charge is -2.40. The van der Waals surface area contributed by atoms with E-state index in [1.54, 1.807) is 25.6 Å². The fourth-order valence-electron chi connectivity index (χ4n) is 4.56. The van der Waals surface area contributed by atoms with E-state index in [1.165, 1.54) is 27.3 Å². The number of carbonyl (C=O) groups is 1. The van der Waals surface area contributed by atoms with Gasteiger partial charge in [-0.05, 0) is 55.1 Å². The number of hydrogen-bond donors (Lipinski definition) is 1. The molecule has 1 amide bonds. The van der Waals surface area contributed by atoms with E-state index in [4.69, 9.17) is 9.47 Å². The summed E-state index contributed by atoms with van der Waals surface area (Å²) in [4.78, 5) is 19.9. The molecular weight excluding hydrogens is 466 g/mol. The Morgan fingerprint density at radius 1 is 1.09 bits per heavy atom. The van der Waals surface area contributed by atoms with Crippen LogP contribution >= 0.6 is 22.7 Å². The molecule has 3 aromatic rings. The number of nitrogens with zero attached hydrogens (tertiary/aromatic N) is 2. The van der Waals surface area contributed by atoms with E-state index in [9.17, 15) is 4.79 Å². The summed E-state index contributed by atoms with van der Waals surface area (Å²) in [5.41, 5.74) is 3.53. The van der Waals surface area contributed by atoms with Crippen molar-refractivity contribution in [2.24, 2.45) is 0 Å². The zero-order chi connectivity index (χ0) is 24.2. The van der Waals surface area contributed by atoms with Gasteiger partial charge in [0.2, 0.25) is 0 Å². The summed E-state index contributed by atoms with van der Waals surface area (Å²) >= 11 is 3.11. The normalized spacial score (nSPS) is 15.8. The summed E-state index contributed by atoms with van der Waals surface area (Å²) in [6, 6.07) is 9.94. The number of likely N-dealkylation sites (N-methyl/N-ethyl adjacent to an activating group) is 1. The largest absolute Gasteiger partial charge is 0.493 e. The zero-order valence-corrected chi connectivity index (χ0v) is 22.1. The van der Waals surface area contributed by atoms with E-state index in [1.807, 2.05) is 23.6 Å². The fourth-order valence-corrected chi connectivity index (χ4v) is 6.27. The topological polar surface area (TPSA) is 54.0 Å². The number of amides is 1. The van der Waals surface area contributed by atoms with Gasteiger partial charge in [-0.2, -0.15) is 0 Å². The standard InChI is InChI=1S/C26H33N3O3S2/c1-6-28-11-13-29(14-12-28)24(19-9-10-20(31-4)21(16-19)32-5)23-17(2)18(3)34-26(23)27-25(30)22-8-7-15-33-22/h7-10,15-16,24H,6,11-14H2,1-5H3,(H,27,30)/t24-/m0/s1. The van der Waals surface area contributed by atoms with Crippen LogP contribution in [-0.4, -0.2) is 62.7 Å². The Morgan fingerprint density at radius 3 is 2.44 bits per heavy atom. The molecule has 0 spiro atoms. The van der Waals surface area contributed by atoms with Crippen molar-refractivity contribution in [3.05, 3.63) is 62.2 Å². The molecule has 6 nitrogen and oxygen atoms in total. The highest BCUT2D eigenvalue weighted by atomic mass is 32.1. The Kier molecular flexibility index (Phi) is 7.93. The van der Waals surface area contributed by atoms with Crippen molar-refractivity contribution in [3.8, 4) is 11.5 Å². The smallest absolute Gasteiger partial charge is 0.266 e. The molecule has 1 aliphatic heterocycles. The first-order chi connectivity index (χ1) is 16.5. The molecule has 0 unspecified atom stereocenters. The van der Waals surface area contributed by atoms with Crippen LogP contribution in [0.4, 0.5) is 5.00 Å². The molecule has 1 aromatic carbocycles. The summed E-state index contributed by atoms with van der Waals surface area (Å²) in [7, 11) is 3.33. The maximum Gasteiger partial charge on any atom is 0.266 e. The van der Waals surface area contributed by atoms with Gasteiger partial charge in [-0.3, -0.25) is 9.69 Å². The molecule has 1 aliphatic rings. The molecule has 182 valence electrons. The average molecular weight is 500 g/mol. The van der Waals surface area contributed by atoms with Crippen molar-refractivity contribution in [2.45, 2.75) is 26.8 Å². The minimum atomic E-state index is -0.0561. The number of nitrogens with one attached hydrogen (secondary N) is 1. The van der Waals surface area contributed by atoms with Crippen LogP contribution in [0.1, 0.15) is 44.2 Å². The van der Waals surface area contributed by atoms with Gasteiger partial charge in [0, 0.05) is 36.6 Å². The molecule has 1 saturated heterocycles. The zero-order valence-electron chi connectivity index (χ0n) is 20.5. The molecule has 0 bridgehead atoms. The van der Waals surface area contributed by atoms with E-state index in [2.05, 4.69) is 48.0 Å². The highest BCUT2D eigenvalue weighted by molar-refractivity contribution is 7.17. The van der Waals surface area contributed by atoms with Gasteiger partial charge in [-0.25, -0.2) is 0 Å². The lowest BCUT2D eigenvalue weighted by Crippen LogP contribution is -2.47. The van der Waals surface area contributed by atoms with Gasteiger partial charge in [-0.15, -0.1) is 22.7 Å². The number of aryl methyl sites for hydroxylation is 1. The number of carbonyl (C=O) groups excluding carboxylic acids is 1. The minimum absolute atomic E-state index is 0.00222. The molecule has 3 heterocycles. The Balaban J connectivity index is 1.78. The maximum atomic E-state index is 13.0. The molecular formula is C26H33N3O3S2. The van der Waals surface area contributed by atoms with Gasteiger partial charge in [0.15, 0.2) is 11.5 Å². The molecule has 0 saturated carbocycles. The predicted octanol–water partition coefficient (Wildman–Crippen LogP) is 5.42. The minimum Gasteiger partial charge on any atom is -0.493 e. The van der Waals surface area contributed by atoms with Gasteiger partial charge in [-0.1, -0.05) is 19.1 Å². The van der Waals surface area contributed by atoms with Crippen molar-refractivity contribution >= 4 is 33.6 Å². The summed E-state index contributed by atoms with van der Waals surface area (Å²) in [5.74, 6) is 1.37. The van der Waals surface area contributed by atoms with Gasteiger partial charge < -0.3 is 19.7 Å². The number of thiophene rings is 2. The number of anilines is 1. The number of ether oxygens (including phenoxy) is 2. The van der Waals surface area contributed by atoms with Crippen LogP contribution in [0.25, 0.3) is 0 Å². The molecule has 0 radical (unpaired) electrons.